The largest absolute Gasteiger partial charge is 0.306 e. The summed E-state index contributed by atoms with van der Waals surface area (Å²) in [6.07, 6.45) is 2.82. The Morgan fingerprint density at radius 1 is 0.833 bits per heavy atom. The molecule has 0 aliphatic carbocycles. The van der Waals surface area contributed by atoms with Gasteiger partial charge in [-0.25, -0.2) is 0 Å². The van der Waals surface area contributed by atoms with Gasteiger partial charge in [-0.3, -0.25) is 0 Å². The van der Waals surface area contributed by atoms with Gasteiger partial charge in [-0.15, -0.1) is 0 Å². The van der Waals surface area contributed by atoms with Crippen LogP contribution in [0.2, 0.25) is 0 Å². The highest BCUT2D eigenvalue weighted by atomic mass is 15.1. The zero-order valence-electron chi connectivity index (χ0n) is 9.01. The summed E-state index contributed by atoms with van der Waals surface area (Å²) in [6, 6.07) is 0. The fourth-order valence-corrected chi connectivity index (χ4v) is 2.76. The molecular formula is C11H23N. The number of likely N-dealkylation sites (tertiary alicyclic amines) is 1. The molecule has 0 aromatic carbocycles. The van der Waals surface area contributed by atoms with Crippen LogP contribution in [0.4, 0.5) is 0 Å². The van der Waals surface area contributed by atoms with Gasteiger partial charge in [0.05, 0.1) is 0 Å². The van der Waals surface area contributed by atoms with Crippen molar-refractivity contribution in [2.24, 2.45) is 17.8 Å². The van der Waals surface area contributed by atoms with Crippen LogP contribution in [0.3, 0.4) is 0 Å². The molecule has 1 fully saturated rings. The SMILES string of the molecule is CC1CC(C)CN(C)CC(C)C1. The van der Waals surface area contributed by atoms with Crippen molar-refractivity contribution in [1.29, 1.82) is 0 Å². The van der Waals surface area contributed by atoms with E-state index in [0.717, 1.165) is 17.8 Å². The van der Waals surface area contributed by atoms with Gasteiger partial charge in [0.25, 0.3) is 0 Å². The Kier molecular flexibility index (Phi) is 3.57. The van der Waals surface area contributed by atoms with Gasteiger partial charge in [-0.2, -0.15) is 0 Å². The Hall–Kier alpha value is -0.0400. The Balaban J connectivity index is 2.45. The molecule has 0 bridgehead atoms. The Bertz CT molecular complexity index is 93.0. The van der Waals surface area contributed by atoms with E-state index in [1.54, 1.807) is 0 Å². The number of rotatable bonds is 0. The molecule has 0 radical (unpaired) electrons. The molecule has 12 heavy (non-hydrogen) atoms. The van der Waals surface area contributed by atoms with Crippen LogP contribution in [0.15, 0.2) is 0 Å². The van der Waals surface area contributed by atoms with Crippen LogP contribution >= 0.6 is 0 Å². The molecule has 1 aliphatic rings. The van der Waals surface area contributed by atoms with Crippen LogP contribution in [-0.2, 0) is 0 Å². The van der Waals surface area contributed by atoms with Crippen molar-refractivity contribution in [1.82, 2.24) is 4.90 Å². The van der Waals surface area contributed by atoms with Gasteiger partial charge in [0.2, 0.25) is 0 Å². The van der Waals surface area contributed by atoms with Crippen LogP contribution in [0.25, 0.3) is 0 Å². The van der Waals surface area contributed by atoms with Gasteiger partial charge in [0.1, 0.15) is 0 Å². The minimum Gasteiger partial charge on any atom is -0.306 e. The number of nitrogens with zero attached hydrogens (tertiary/aromatic N) is 1. The molecule has 72 valence electrons. The van der Waals surface area contributed by atoms with Crippen LogP contribution < -0.4 is 0 Å². The molecule has 0 amide bonds. The normalized spacial score (nSPS) is 40.5. The topological polar surface area (TPSA) is 3.24 Å². The summed E-state index contributed by atoms with van der Waals surface area (Å²) in [5, 5.41) is 0. The van der Waals surface area contributed by atoms with Gasteiger partial charge >= 0.3 is 0 Å². The minimum absolute atomic E-state index is 0.887. The molecule has 0 aromatic heterocycles. The van der Waals surface area contributed by atoms with Crippen molar-refractivity contribution in [3.8, 4) is 0 Å². The molecular weight excluding hydrogens is 146 g/mol. The summed E-state index contributed by atoms with van der Waals surface area (Å²) in [5.74, 6) is 2.71. The molecule has 0 N–H and O–H groups in total. The Morgan fingerprint density at radius 2 is 1.25 bits per heavy atom. The quantitative estimate of drug-likeness (QED) is 0.539. The number of hydrogen-bond acceptors (Lipinski definition) is 1. The van der Waals surface area contributed by atoms with Crippen molar-refractivity contribution in [2.45, 2.75) is 33.6 Å². The molecule has 1 nitrogen and oxygen atoms in total. The third-order valence-corrected chi connectivity index (χ3v) is 2.86. The Labute approximate surface area is 77.1 Å². The van der Waals surface area contributed by atoms with Crippen LogP contribution in [0, 0.1) is 17.8 Å². The van der Waals surface area contributed by atoms with E-state index in [0.29, 0.717) is 0 Å². The average molecular weight is 169 g/mol. The molecule has 0 aromatic rings. The van der Waals surface area contributed by atoms with Crippen LogP contribution in [0.5, 0.6) is 0 Å². The molecule has 1 heterocycles. The van der Waals surface area contributed by atoms with Crippen molar-refractivity contribution in [3.63, 3.8) is 0 Å². The molecule has 2 unspecified atom stereocenters. The first-order valence-electron chi connectivity index (χ1n) is 5.26. The molecule has 1 aliphatic heterocycles. The van der Waals surface area contributed by atoms with E-state index < -0.39 is 0 Å². The van der Waals surface area contributed by atoms with Gasteiger partial charge in [0, 0.05) is 13.1 Å². The molecule has 2 atom stereocenters. The average Bonchev–Trinajstić information content (AvgIpc) is 1.81. The highest BCUT2D eigenvalue weighted by Crippen LogP contribution is 2.23. The minimum atomic E-state index is 0.887. The highest BCUT2D eigenvalue weighted by Gasteiger charge is 2.18. The van der Waals surface area contributed by atoms with Crippen LogP contribution in [0.1, 0.15) is 33.6 Å². The molecule has 1 saturated heterocycles. The van der Waals surface area contributed by atoms with E-state index in [-0.39, 0.29) is 0 Å². The summed E-state index contributed by atoms with van der Waals surface area (Å²) in [4.78, 5) is 2.49. The predicted molar refractivity (Wildman–Crippen MR) is 54.2 cm³/mol. The first-order chi connectivity index (χ1) is 5.58. The lowest BCUT2D eigenvalue weighted by Gasteiger charge is -2.31. The summed E-state index contributed by atoms with van der Waals surface area (Å²) in [5.41, 5.74) is 0. The van der Waals surface area contributed by atoms with Crippen LogP contribution in [-0.4, -0.2) is 25.0 Å². The smallest absolute Gasteiger partial charge is 0.000418 e. The molecule has 1 heteroatoms. The van der Waals surface area contributed by atoms with Crippen molar-refractivity contribution < 1.29 is 0 Å². The monoisotopic (exact) mass is 169 g/mol. The molecule has 0 saturated carbocycles. The third-order valence-electron chi connectivity index (χ3n) is 2.86. The van der Waals surface area contributed by atoms with E-state index in [2.05, 4.69) is 32.7 Å². The molecule has 1 rings (SSSR count). The van der Waals surface area contributed by atoms with E-state index in [4.69, 9.17) is 0 Å². The standard InChI is InChI=1S/C11H23N/c1-9-5-10(2)7-12(4)8-11(3)6-9/h9-11H,5-8H2,1-4H3. The van der Waals surface area contributed by atoms with Gasteiger partial charge in [0.15, 0.2) is 0 Å². The van der Waals surface area contributed by atoms with Gasteiger partial charge < -0.3 is 4.90 Å². The second-order valence-electron chi connectivity index (χ2n) is 5.01. The maximum absolute atomic E-state index is 2.49. The summed E-state index contributed by atoms with van der Waals surface area (Å²) >= 11 is 0. The highest BCUT2D eigenvalue weighted by molar-refractivity contribution is 4.71. The van der Waals surface area contributed by atoms with Gasteiger partial charge in [-0.05, 0) is 37.6 Å². The predicted octanol–water partition coefficient (Wildman–Crippen LogP) is 2.62. The lowest BCUT2D eigenvalue weighted by molar-refractivity contribution is 0.182. The summed E-state index contributed by atoms with van der Waals surface area (Å²) in [6.45, 7) is 9.73. The first-order valence-corrected chi connectivity index (χ1v) is 5.26. The Morgan fingerprint density at radius 3 is 1.67 bits per heavy atom. The van der Waals surface area contributed by atoms with Crippen molar-refractivity contribution in [2.75, 3.05) is 20.1 Å². The van der Waals surface area contributed by atoms with E-state index >= 15 is 0 Å². The lowest BCUT2D eigenvalue weighted by Crippen LogP contribution is -2.32. The second kappa shape index (κ2) is 4.27. The second-order valence-corrected chi connectivity index (χ2v) is 5.01. The van der Waals surface area contributed by atoms with Gasteiger partial charge in [-0.1, -0.05) is 20.8 Å². The first kappa shape index (κ1) is 10.0. The van der Waals surface area contributed by atoms with E-state index in [1.165, 1.54) is 25.9 Å². The number of hydrogen-bond donors (Lipinski definition) is 0. The zero-order valence-corrected chi connectivity index (χ0v) is 9.01. The zero-order chi connectivity index (χ0) is 9.14. The van der Waals surface area contributed by atoms with Crippen molar-refractivity contribution >= 4 is 0 Å². The maximum Gasteiger partial charge on any atom is 0.000418 e. The fraction of sp³-hybridized carbons (Fsp3) is 1.00. The van der Waals surface area contributed by atoms with E-state index in [9.17, 15) is 0 Å². The summed E-state index contributed by atoms with van der Waals surface area (Å²) in [7, 11) is 2.25. The molecule has 0 spiro atoms. The van der Waals surface area contributed by atoms with E-state index in [1.807, 2.05) is 0 Å². The summed E-state index contributed by atoms with van der Waals surface area (Å²) < 4.78 is 0. The maximum atomic E-state index is 2.49. The lowest BCUT2D eigenvalue weighted by atomic mass is 9.87. The fourth-order valence-electron chi connectivity index (χ4n) is 2.76. The third kappa shape index (κ3) is 3.14. The van der Waals surface area contributed by atoms with Crippen molar-refractivity contribution in [3.05, 3.63) is 0 Å².